The summed E-state index contributed by atoms with van der Waals surface area (Å²) in [5, 5.41) is 10.5. The number of halogens is 4. The molecule has 0 radical (unpaired) electrons. The van der Waals surface area contributed by atoms with Crippen LogP contribution < -0.4 is 4.74 Å². The maximum atomic E-state index is 12.0. The largest absolute Gasteiger partial charge is 0.573 e. The van der Waals surface area contributed by atoms with Gasteiger partial charge in [0.05, 0.1) is 10.3 Å². The average Bonchev–Trinajstić information content (AvgIpc) is 2.26. The van der Waals surface area contributed by atoms with Gasteiger partial charge in [0.15, 0.2) is 5.78 Å². The number of carbonyl (C=O) groups is 1. The quantitative estimate of drug-likeness (QED) is 0.369. The maximum Gasteiger partial charge on any atom is 0.573 e. The van der Waals surface area contributed by atoms with Crippen molar-refractivity contribution >= 4 is 27.4 Å². The third kappa shape index (κ3) is 3.69. The van der Waals surface area contributed by atoms with Gasteiger partial charge in [-0.25, -0.2) is 0 Å². The van der Waals surface area contributed by atoms with Gasteiger partial charge >= 0.3 is 12.0 Å². The molecular formula is C9H5BrF3NO4. The van der Waals surface area contributed by atoms with E-state index in [2.05, 4.69) is 20.7 Å². The predicted octanol–water partition coefficient (Wildman–Crippen LogP) is 3.07. The number of nitro benzene ring substituents is 1. The van der Waals surface area contributed by atoms with Gasteiger partial charge in [0.2, 0.25) is 5.75 Å². The van der Waals surface area contributed by atoms with Crippen LogP contribution in [0.3, 0.4) is 0 Å². The zero-order chi connectivity index (χ0) is 13.9. The Morgan fingerprint density at radius 2 is 2.06 bits per heavy atom. The zero-order valence-corrected chi connectivity index (χ0v) is 10.1. The summed E-state index contributed by atoms with van der Waals surface area (Å²) in [6.45, 7) is 0. The van der Waals surface area contributed by atoms with Gasteiger partial charge in [-0.15, -0.1) is 13.2 Å². The van der Waals surface area contributed by atoms with Crippen molar-refractivity contribution in [3.05, 3.63) is 33.9 Å². The van der Waals surface area contributed by atoms with Gasteiger partial charge in [-0.2, -0.15) is 0 Å². The highest BCUT2D eigenvalue weighted by atomic mass is 79.9. The lowest BCUT2D eigenvalue weighted by atomic mass is 10.1. The van der Waals surface area contributed by atoms with Crippen molar-refractivity contribution in [2.24, 2.45) is 0 Å². The van der Waals surface area contributed by atoms with Crippen molar-refractivity contribution in [3.63, 3.8) is 0 Å². The molecule has 98 valence electrons. The van der Waals surface area contributed by atoms with Crippen LogP contribution >= 0.6 is 15.9 Å². The van der Waals surface area contributed by atoms with Gasteiger partial charge in [0, 0.05) is 11.6 Å². The number of alkyl halides is 4. The number of Topliss-reactive ketones (excluding diaryl/α,β-unsaturated/α-hetero) is 1. The highest BCUT2D eigenvalue weighted by Crippen LogP contribution is 2.32. The second kappa shape index (κ2) is 5.34. The molecule has 0 atom stereocenters. The first-order valence-corrected chi connectivity index (χ1v) is 5.50. The summed E-state index contributed by atoms with van der Waals surface area (Å²) < 4.78 is 39.5. The second-order valence-electron chi connectivity index (χ2n) is 3.04. The van der Waals surface area contributed by atoms with Crippen molar-refractivity contribution in [1.29, 1.82) is 0 Å². The molecule has 0 saturated heterocycles. The highest BCUT2D eigenvalue weighted by Gasteiger charge is 2.34. The van der Waals surface area contributed by atoms with E-state index in [9.17, 15) is 28.1 Å². The number of hydrogen-bond donors (Lipinski definition) is 0. The number of ether oxygens (including phenoxy) is 1. The molecule has 1 aromatic rings. The number of ketones is 1. The Bertz CT molecular complexity index is 489. The standard InChI is InChI=1S/C9H5BrF3NO4/c10-4-7(15)5-1-2-8(18-9(11,12)13)6(3-5)14(16)17/h1-3H,4H2. The molecule has 5 nitrogen and oxygen atoms in total. The maximum absolute atomic E-state index is 12.0. The van der Waals surface area contributed by atoms with Crippen molar-refractivity contribution in [3.8, 4) is 5.75 Å². The molecule has 0 aromatic heterocycles. The fourth-order valence-corrected chi connectivity index (χ4v) is 1.45. The van der Waals surface area contributed by atoms with E-state index in [4.69, 9.17) is 0 Å². The van der Waals surface area contributed by atoms with Crippen molar-refractivity contribution in [2.75, 3.05) is 5.33 Å². The van der Waals surface area contributed by atoms with Gasteiger partial charge in [-0.05, 0) is 12.1 Å². The number of benzene rings is 1. The molecule has 0 aliphatic heterocycles. The molecule has 0 spiro atoms. The van der Waals surface area contributed by atoms with Gasteiger partial charge in [-0.1, -0.05) is 15.9 Å². The summed E-state index contributed by atoms with van der Waals surface area (Å²) in [4.78, 5) is 20.8. The molecule has 1 rings (SSSR count). The highest BCUT2D eigenvalue weighted by molar-refractivity contribution is 9.09. The fourth-order valence-electron chi connectivity index (χ4n) is 1.12. The molecule has 0 N–H and O–H groups in total. The Kier molecular flexibility index (Phi) is 4.28. The van der Waals surface area contributed by atoms with E-state index in [1.807, 2.05) is 0 Å². The normalized spacial score (nSPS) is 11.1. The van der Waals surface area contributed by atoms with Gasteiger partial charge in [0.25, 0.3) is 0 Å². The van der Waals surface area contributed by atoms with Crippen molar-refractivity contribution in [1.82, 2.24) is 0 Å². The zero-order valence-electron chi connectivity index (χ0n) is 8.53. The molecule has 0 aliphatic rings. The van der Waals surface area contributed by atoms with Crippen molar-refractivity contribution in [2.45, 2.75) is 6.36 Å². The molecule has 18 heavy (non-hydrogen) atoms. The molecule has 0 fully saturated rings. The van der Waals surface area contributed by atoms with Gasteiger partial charge in [-0.3, -0.25) is 14.9 Å². The molecular weight excluding hydrogens is 323 g/mol. The Labute approximate surface area is 107 Å². The second-order valence-corrected chi connectivity index (χ2v) is 3.60. The molecule has 9 heteroatoms. The first-order valence-electron chi connectivity index (χ1n) is 4.38. The summed E-state index contributed by atoms with van der Waals surface area (Å²) in [5.74, 6) is -1.45. The third-order valence-electron chi connectivity index (χ3n) is 1.82. The van der Waals surface area contributed by atoms with Gasteiger partial charge < -0.3 is 4.74 Å². The monoisotopic (exact) mass is 327 g/mol. The molecule has 0 saturated carbocycles. The summed E-state index contributed by atoms with van der Waals surface area (Å²) in [5.41, 5.74) is -0.993. The lowest BCUT2D eigenvalue weighted by Gasteiger charge is -2.09. The first kappa shape index (κ1) is 14.4. The van der Waals surface area contributed by atoms with Crippen molar-refractivity contribution < 1.29 is 27.6 Å². The number of hydrogen-bond acceptors (Lipinski definition) is 4. The first-order chi connectivity index (χ1) is 8.24. The van der Waals surface area contributed by atoms with E-state index in [0.29, 0.717) is 0 Å². The lowest BCUT2D eigenvalue weighted by Crippen LogP contribution is -2.18. The molecule has 0 aliphatic carbocycles. The minimum absolute atomic E-state index is 0.0758. The van der Waals surface area contributed by atoms with E-state index < -0.39 is 28.5 Å². The van der Waals surface area contributed by atoms with Crippen LogP contribution in [-0.2, 0) is 0 Å². The number of nitrogens with zero attached hydrogens (tertiary/aromatic N) is 1. The van der Waals surface area contributed by atoms with E-state index in [0.717, 1.165) is 18.2 Å². The van der Waals surface area contributed by atoms with Crippen LogP contribution in [0.2, 0.25) is 0 Å². The van der Waals surface area contributed by atoms with Crippen LogP contribution in [0.1, 0.15) is 10.4 Å². The minimum Gasteiger partial charge on any atom is -0.398 e. The molecule has 0 amide bonds. The molecule has 1 aromatic carbocycles. The number of nitro groups is 1. The minimum atomic E-state index is -5.04. The Morgan fingerprint density at radius 3 is 2.50 bits per heavy atom. The lowest BCUT2D eigenvalue weighted by molar-refractivity contribution is -0.388. The predicted molar refractivity (Wildman–Crippen MR) is 57.9 cm³/mol. The third-order valence-corrected chi connectivity index (χ3v) is 2.33. The summed E-state index contributed by atoms with van der Waals surface area (Å²) in [6, 6.07) is 2.50. The van der Waals surface area contributed by atoms with E-state index in [-0.39, 0.29) is 10.9 Å². The van der Waals surface area contributed by atoms with Crippen LogP contribution in [0.4, 0.5) is 18.9 Å². The van der Waals surface area contributed by atoms with Crippen LogP contribution in [0.15, 0.2) is 18.2 Å². The number of carbonyl (C=O) groups excluding carboxylic acids is 1. The smallest absolute Gasteiger partial charge is 0.398 e. The van der Waals surface area contributed by atoms with E-state index >= 15 is 0 Å². The fraction of sp³-hybridized carbons (Fsp3) is 0.222. The van der Waals surface area contributed by atoms with E-state index in [1.54, 1.807) is 0 Å². The molecule has 0 bridgehead atoms. The van der Waals surface area contributed by atoms with Crippen LogP contribution in [-0.4, -0.2) is 22.4 Å². The summed E-state index contributed by atoms with van der Waals surface area (Å²) >= 11 is 2.85. The number of rotatable bonds is 4. The molecule has 0 heterocycles. The SMILES string of the molecule is O=C(CBr)c1ccc(OC(F)(F)F)c([N+](=O)[O-])c1. The Morgan fingerprint density at radius 1 is 1.44 bits per heavy atom. The Balaban J connectivity index is 3.21. The van der Waals surface area contributed by atoms with Gasteiger partial charge in [0.1, 0.15) is 0 Å². The van der Waals surface area contributed by atoms with Crippen LogP contribution in [0.5, 0.6) is 5.75 Å². The summed E-state index contributed by atoms with van der Waals surface area (Å²) in [7, 11) is 0. The Hall–Kier alpha value is -1.64. The molecule has 0 unspecified atom stereocenters. The van der Waals surface area contributed by atoms with Crippen LogP contribution in [0, 0.1) is 10.1 Å². The van der Waals surface area contributed by atoms with E-state index in [1.165, 1.54) is 0 Å². The summed E-state index contributed by atoms with van der Waals surface area (Å²) in [6.07, 6.45) is -5.04. The topological polar surface area (TPSA) is 69.4 Å². The average molecular weight is 328 g/mol. The van der Waals surface area contributed by atoms with Crippen LogP contribution in [0.25, 0.3) is 0 Å².